The molecular weight excluding hydrogens is 198 g/mol. The molecule has 15 heavy (non-hydrogen) atoms. The van der Waals surface area contributed by atoms with Crippen LogP contribution in [-0.4, -0.2) is 5.66 Å². The summed E-state index contributed by atoms with van der Waals surface area (Å²) < 4.78 is 26.8. The number of hydrogen-bond donors (Lipinski definition) is 0. The van der Waals surface area contributed by atoms with Crippen LogP contribution in [0.3, 0.4) is 0 Å². The fourth-order valence-electron chi connectivity index (χ4n) is 1.74. The molecule has 2 nitrogen and oxygen atoms in total. The normalized spacial score (nSPS) is 16.9. The van der Waals surface area contributed by atoms with E-state index >= 15 is 0 Å². The van der Waals surface area contributed by atoms with E-state index in [1.165, 1.54) is 13.8 Å². The van der Waals surface area contributed by atoms with Gasteiger partial charge in [0.2, 0.25) is 0 Å². The molecule has 0 atom stereocenters. The Kier molecular flexibility index (Phi) is 1.93. The molecule has 1 heterocycles. The van der Waals surface area contributed by atoms with Gasteiger partial charge in [-0.25, -0.2) is 8.78 Å². The van der Waals surface area contributed by atoms with E-state index in [2.05, 4.69) is 9.98 Å². The third-order valence-corrected chi connectivity index (χ3v) is 2.56. The van der Waals surface area contributed by atoms with Crippen LogP contribution in [0.15, 0.2) is 9.98 Å². The highest BCUT2D eigenvalue weighted by Crippen LogP contribution is 2.15. The van der Waals surface area contributed by atoms with Crippen molar-refractivity contribution < 1.29 is 8.78 Å². The zero-order chi connectivity index (χ0) is 11.4. The van der Waals surface area contributed by atoms with E-state index in [9.17, 15) is 8.78 Å². The lowest BCUT2D eigenvalue weighted by Crippen LogP contribution is -2.30. The van der Waals surface area contributed by atoms with Crippen molar-refractivity contribution in [2.24, 2.45) is 9.98 Å². The maximum Gasteiger partial charge on any atom is 0.164 e. The summed E-state index contributed by atoms with van der Waals surface area (Å²) >= 11 is 0. The highest BCUT2D eigenvalue weighted by molar-refractivity contribution is 5.26. The number of rotatable bonds is 0. The van der Waals surface area contributed by atoms with Crippen LogP contribution in [0.5, 0.6) is 0 Å². The number of halogens is 2. The third kappa shape index (κ3) is 1.35. The Hall–Kier alpha value is -1.32. The Bertz CT molecular complexity index is 510. The first-order valence-electron chi connectivity index (χ1n) is 4.77. The standard InChI is InChI=1S/C11H12F2N2/c1-5-7(12)8(13)6(2)10-9(5)14-11(3,4)15-10/h1-4H3. The maximum atomic E-state index is 13.4. The highest BCUT2D eigenvalue weighted by Gasteiger charge is 2.23. The first kappa shape index (κ1) is 10.2. The molecule has 0 spiro atoms. The van der Waals surface area contributed by atoms with Crippen LogP contribution >= 0.6 is 0 Å². The summed E-state index contributed by atoms with van der Waals surface area (Å²) in [6.07, 6.45) is 0. The van der Waals surface area contributed by atoms with Gasteiger partial charge in [-0.2, -0.15) is 0 Å². The molecule has 1 aromatic rings. The summed E-state index contributed by atoms with van der Waals surface area (Å²) in [6.45, 7) is 6.66. The summed E-state index contributed by atoms with van der Waals surface area (Å²) in [5.74, 6) is -1.63. The molecule has 0 amide bonds. The van der Waals surface area contributed by atoms with Gasteiger partial charge >= 0.3 is 0 Å². The van der Waals surface area contributed by atoms with Crippen LogP contribution in [0.1, 0.15) is 25.0 Å². The molecule has 80 valence electrons. The predicted molar refractivity (Wildman–Crippen MR) is 52.2 cm³/mol. The lowest BCUT2D eigenvalue weighted by molar-refractivity contribution is 0.494. The largest absolute Gasteiger partial charge is 0.254 e. The fraction of sp³-hybridized carbons (Fsp3) is 0.455. The Balaban J connectivity index is 3.00. The minimum Gasteiger partial charge on any atom is -0.254 e. The highest BCUT2D eigenvalue weighted by atomic mass is 19.2. The molecule has 0 saturated heterocycles. The molecule has 0 saturated carbocycles. The average Bonchev–Trinajstić information content (AvgIpc) is 2.48. The molecule has 0 fully saturated rings. The predicted octanol–water partition coefficient (Wildman–Crippen LogP) is 1.57. The van der Waals surface area contributed by atoms with Gasteiger partial charge in [-0.05, 0) is 27.7 Å². The quantitative estimate of drug-likeness (QED) is 0.621. The van der Waals surface area contributed by atoms with Gasteiger partial charge in [0, 0.05) is 11.1 Å². The molecule has 0 aromatic heterocycles. The second-order valence-corrected chi connectivity index (χ2v) is 4.29. The summed E-state index contributed by atoms with van der Waals surface area (Å²) in [7, 11) is 0. The first-order valence-corrected chi connectivity index (χ1v) is 4.77. The van der Waals surface area contributed by atoms with E-state index in [-0.39, 0.29) is 11.1 Å². The van der Waals surface area contributed by atoms with Crippen molar-refractivity contribution in [3.05, 3.63) is 33.5 Å². The molecule has 0 bridgehead atoms. The fourth-order valence-corrected chi connectivity index (χ4v) is 1.74. The monoisotopic (exact) mass is 210 g/mol. The van der Waals surface area contributed by atoms with E-state index in [0.29, 0.717) is 10.7 Å². The zero-order valence-electron chi connectivity index (χ0n) is 9.15. The second kappa shape index (κ2) is 2.84. The van der Waals surface area contributed by atoms with E-state index in [4.69, 9.17) is 0 Å². The van der Waals surface area contributed by atoms with Crippen molar-refractivity contribution in [1.29, 1.82) is 0 Å². The van der Waals surface area contributed by atoms with Gasteiger partial charge in [-0.1, -0.05) is 0 Å². The van der Waals surface area contributed by atoms with E-state index in [0.717, 1.165) is 0 Å². The van der Waals surface area contributed by atoms with Crippen molar-refractivity contribution in [2.75, 3.05) is 0 Å². The van der Waals surface area contributed by atoms with Crippen LogP contribution in [0.25, 0.3) is 0 Å². The topological polar surface area (TPSA) is 24.7 Å². The Morgan fingerprint density at radius 3 is 1.53 bits per heavy atom. The molecule has 1 aliphatic rings. The molecule has 1 aliphatic heterocycles. The minimum absolute atomic E-state index is 0.238. The average molecular weight is 210 g/mol. The SMILES string of the molecule is Cc1c(F)c(F)c(C)c2c1=NC(C)(C)N=2. The smallest absolute Gasteiger partial charge is 0.164 e. The Labute approximate surface area is 86.4 Å². The van der Waals surface area contributed by atoms with Crippen LogP contribution in [0.4, 0.5) is 8.78 Å². The van der Waals surface area contributed by atoms with Gasteiger partial charge in [0.05, 0.1) is 10.7 Å². The van der Waals surface area contributed by atoms with Crippen molar-refractivity contribution in [1.82, 2.24) is 0 Å². The Morgan fingerprint density at radius 1 is 0.867 bits per heavy atom. The summed E-state index contributed by atoms with van der Waals surface area (Å²) in [5.41, 5.74) is -0.136. The Morgan fingerprint density at radius 2 is 1.20 bits per heavy atom. The first-order chi connectivity index (χ1) is 6.83. The third-order valence-electron chi connectivity index (χ3n) is 2.56. The van der Waals surface area contributed by atoms with Gasteiger partial charge in [0.25, 0.3) is 0 Å². The molecule has 1 aromatic carbocycles. The molecule has 0 radical (unpaired) electrons. The van der Waals surface area contributed by atoms with E-state index in [1.54, 1.807) is 0 Å². The molecule has 0 aliphatic carbocycles. The lowest BCUT2D eigenvalue weighted by Gasteiger charge is -2.07. The molecule has 0 N–H and O–H groups in total. The summed E-state index contributed by atoms with van der Waals surface area (Å²) in [5, 5.41) is 0.966. The van der Waals surface area contributed by atoms with Crippen molar-refractivity contribution in [2.45, 2.75) is 33.4 Å². The van der Waals surface area contributed by atoms with Gasteiger partial charge in [0.1, 0.15) is 5.66 Å². The molecular formula is C11H12F2N2. The van der Waals surface area contributed by atoms with Gasteiger partial charge in [-0.3, -0.25) is 9.98 Å². The van der Waals surface area contributed by atoms with E-state index in [1.807, 2.05) is 13.8 Å². The van der Waals surface area contributed by atoms with Crippen molar-refractivity contribution >= 4 is 0 Å². The zero-order valence-corrected chi connectivity index (χ0v) is 9.15. The van der Waals surface area contributed by atoms with Gasteiger partial charge < -0.3 is 0 Å². The van der Waals surface area contributed by atoms with Gasteiger partial charge in [0.15, 0.2) is 11.6 Å². The van der Waals surface area contributed by atoms with Crippen molar-refractivity contribution in [3.63, 3.8) is 0 Å². The molecule has 2 rings (SSSR count). The molecule has 0 unspecified atom stereocenters. The lowest BCUT2D eigenvalue weighted by atomic mass is 10.1. The molecule has 4 heteroatoms. The number of hydrogen-bond acceptors (Lipinski definition) is 2. The van der Waals surface area contributed by atoms with Crippen LogP contribution in [0.2, 0.25) is 0 Å². The number of fused-ring (bicyclic) bond motifs is 1. The van der Waals surface area contributed by atoms with Crippen LogP contribution in [0, 0.1) is 25.5 Å². The maximum absolute atomic E-state index is 13.4. The van der Waals surface area contributed by atoms with Crippen LogP contribution < -0.4 is 10.7 Å². The second-order valence-electron chi connectivity index (χ2n) is 4.29. The van der Waals surface area contributed by atoms with Crippen LogP contribution in [-0.2, 0) is 0 Å². The van der Waals surface area contributed by atoms with Crippen molar-refractivity contribution in [3.8, 4) is 0 Å². The summed E-state index contributed by atoms with van der Waals surface area (Å²) in [6, 6.07) is 0. The van der Waals surface area contributed by atoms with Gasteiger partial charge in [-0.15, -0.1) is 0 Å². The minimum atomic E-state index is -0.817. The number of nitrogens with zero attached hydrogens (tertiary/aromatic N) is 2. The summed E-state index contributed by atoms with van der Waals surface area (Å²) in [4.78, 5) is 8.55. The van der Waals surface area contributed by atoms with E-state index < -0.39 is 17.3 Å². The number of benzene rings is 1.